The normalized spacial score (nSPS) is 10.2. The largest absolute Gasteiger partial charge is 0.468 e. The van der Waals surface area contributed by atoms with Crippen molar-refractivity contribution in [2.75, 3.05) is 11.9 Å². The Labute approximate surface area is 126 Å². The fourth-order valence-electron chi connectivity index (χ4n) is 1.69. The van der Waals surface area contributed by atoms with Crippen molar-refractivity contribution in [1.29, 1.82) is 0 Å². The zero-order valence-electron chi connectivity index (χ0n) is 11.4. The van der Waals surface area contributed by atoms with Gasteiger partial charge >= 0.3 is 5.69 Å². The van der Waals surface area contributed by atoms with E-state index in [4.69, 9.17) is 16.3 Å². The quantitative estimate of drug-likeness (QED) is 0.651. The smallest absolute Gasteiger partial charge is 0.331 e. The lowest BCUT2D eigenvalue weighted by atomic mass is 10.2. The van der Waals surface area contributed by atoms with E-state index in [1.807, 2.05) is 6.92 Å². The molecule has 110 valence electrons. The van der Waals surface area contributed by atoms with Crippen molar-refractivity contribution in [3.05, 3.63) is 57.1 Å². The van der Waals surface area contributed by atoms with E-state index in [1.165, 1.54) is 6.07 Å². The minimum atomic E-state index is -0.514. The van der Waals surface area contributed by atoms with Gasteiger partial charge in [-0.1, -0.05) is 23.7 Å². The van der Waals surface area contributed by atoms with Gasteiger partial charge in [-0.3, -0.25) is 10.1 Å². The minimum absolute atomic E-state index is 0.00611. The SMILES string of the molecule is CCNc1ccc([N+](=O)[O-])c(OCc2ccc(Cl)cc2)n1. The summed E-state index contributed by atoms with van der Waals surface area (Å²) in [4.78, 5) is 14.6. The monoisotopic (exact) mass is 307 g/mol. The molecule has 0 aliphatic heterocycles. The highest BCUT2D eigenvalue weighted by atomic mass is 35.5. The molecule has 0 aliphatic carbocycles. The molecule has 0 unspecified atom stereocenters. The number of anilines is 1. The van der Waals surface area contributed by atoms with Crippen LogP contribution < -0.4 is 10.1 Å². The molecular formula is C14H14ClN3O3. The molecule has 7 heteroatoms. The summed E-state index contributed by atoms with van der Waals surface area (Å²) >= 11 is 5.80. The number of nitrogens with one attached hydrogen (secondary N) is 1. The van der Waals surface area contributed by atoms with Gasteiger partial charge in [-0.05, 0) is 30.7 Å². The lowest BCUT2D eigenvalue weighted by Gasteiger charge is -2.08. The van der Waals surface area contributed by atoms with Crippen LogP contribution in [0.3, 0.4) is 0 Å². The molecule has 1 aromatic carbocycles. The number of hydrogen-bond acceptors (Lipinski definition) is 5. The molecule has 2 aromatic rings. The Hall–Kier alpha value is -2.34. The van der Waals surface area contributed by atoms with Crippen LogP contribution in [0.2, 0.25) is 5.02 Å². The Balaban J connectivity index is 2.18. The van der Waals surface area contributed by atoms with Gasteiger partial charge in [0.25, 0.3) is 5.88 Å². The summed E-state index contributed by atoms with van der Waals surface area (Å²) in [5.74, 6) is 0.530. The summed E-state index contributed by atoms with van der Waals surface area (Å²) in [7, 11) is 0. The molecule has 1 N–H and O–H groups in total. The maximum atomic E-state index is 11.0. The molecule has 0 radical (unpaired) electrons. The Bertz CT molecular complexity index is 632. The van der Waals surface area contributed by atoms with Crippen LogP contribution in [-0.4, -0.2) is 16.5 Å². The summed E-state index contributed by atoms with van der Waals surface area (Å²) in [5, 5.41) is 14.6. The third kappa shape index (κ3) is 4.06. The first kappa shape index (κ1) is 15.1. The number of benzene rings is 1. The Kier molecular flexibility index (Phi) is 4.94. The summed E-state index contributed by atoms with van der Waals surface area (Å²) in [6.07, 6.45) is 0. The summed E-state index contributed by atoms with van der Waals surface area (Å²) in [5.41, 5.74) is 0.690. The van der Waals surface area contributed by atoms with Gasteiger partial charge in [0.15, 0.2) is 0 Å². The molecule has 1 aromatic heterocycles. The number of nitrogens with zero attached hydrogens (tertiary/aromatic N) is 2. The van der Waals surface area contributed by atoms with E-state index in [9.17, 15) is 10.1 Å². The summed E-state index contributed by atoms with van der Waals surface area (Å²) < 4.78 is 5.48. The molecule has 0 saturated heterocycles. The van der Waals surface area contributed by atoms with Crippen LogP contribution in [0.5, 0.6) is 5.88 Å². The average Bonchev–Trinajstić information content (AvgIpc) is 2.47. The standard InChI is InChI=1S/C14H14ClN3O3/c1-2-16-13-8-7-12(18(19)20)14(17-13)21-9-10-3-5-11(15)6-4-10/h3-8H,2,9H2,1H3,(H,16,17). The van der Waals surface area contributed by atoms with Gasteiger partial charge in [-0.15, -0.1) is 0 Å². The van der Waals surface area contributed by atoms with Crippen molar-refractivity contribution in [3.63, 3.8) is 0 Å². The van der Waals surface area contributed by atoms with Gasteiger partial charge < -0.3 is 10.1 Å². The molecule has 1 heterocycles. The molecule has 2 rings (SSSR count). The first-order valence-corrected chi connectivity index (χ1v) is 6.74. The molecule has 0 amide bonds. The highest BCUT2D eigenvalue weighted by Gasteiger charge is 2.17. The van der Waals surface area contributed by atoms with Gasteiger partial charge in [-0.2, -0.15) is 4.98 Å². The first-order valence-electron chi connectivity index (χ1n) is 6.36. The van der Waals surface area contributed by atoms with E-state index in [2.05, 4.69) is 10.3 Å². The molecule has 0 atom stereocenters. The highest BCUT2D eigenvalue weighted by Crippen LogP contribution is 2.27. The third-order valence-electron chi connectivity index (χ3n) is 2.68. The van der Waals surface area contributed by atoms with Crippen molar-refractivity contribution in [3.8, 4) is 5.88 Å². The number of hydrogen-bond donors (Lipinski definition) is 1. The average molecular weight is 308 g/mol. The van der Waals surface area contributed by atoms with E-state index in [1.54, 1.807) is 30.3 Å². The van der Waals surface area contributed by atoms with Gasteiger partial charge in [0.2, 0.25) is 0 Å². The van der Waals surface area contributed by atoms with E-state index >= 15 is 0 Å². The van der Waals surface area contributed by atoms with Gasteiger partial charge in [0, 0.05) is 17.6 Å². The second-order valence-electron chi connectivity index (χ2n) is 4.22. The van der Waals surface area contributed by atoms with E-state index in [-0.39, 0.29) is 18.2 Å². The van der Waals surface area contributed by atoms with Crippen molar-refractivity contribution in [2.24, 2.45) is 0 Å². The lowest BCUT2D eigenvalue weighted by molar-refractivity contribution is -0.386. The van der Waals surface area contributed by atoms with Crippen LogP contribution in [0.15, 0.2) is 36.4 Å². The van der Waals surface area contributed by atoms with Gasteiger partial charge in [-0.25, -0.2) is 0 Å². The van der Waals surface area contributed by atoms with Crippen molar-refractivity contribution in [1.82, 2.24) is 4.98 Å². The van der Waals surface area contributed by atoms with E-state index in [0.29, 0.717) is 17.4 Å². The molecule has 0 aliphatic rings. The van der Waals surface area contributed by atoms with Crippen LogP contribution in [0.1, 0.15) is 12.5 Å². The maximum Gasteiger partial charge on any atom is 0.331 e. The molecule has 0 fully saturated rings. The molecule has 0 saturated carbocycles. The molecule has 6 nitrogen and oxygen atoms in total. The number of aromatic nitrogens is 1. The van der Waals surface area contributed by atoms with Gasteiger partial charge in [0.1, 0.15) is 12.4 Å². The van der Waals surface area contributed by atoms with Crippen LogP contribution in [0.4, 0.5) is 11.5 Å². The molecule has 0 spiro atoms. The Morgan fingerprint density at radius 3 is 2.62 bits per heavy atom. The van der Waals surface area contributed by atoms with E-state index in [0.717, 1.165) is 5.56 Å². The Morgan fingerprint density at radius 2 is 2.00 bits per heavy atom. The number of halogens is 1. The maximum absolute atomic E-state index is 11.0. The second-order valence-corrected chi connectivity index (χ2v) is 4.66. The molecular weight excluding hydrogens is 294 g/mol. The Morgan fingerprint density at radius 1 is 1.29 bits per heavy atom. The number of rotatable bonds is 6. The summed E-state index contributed by atoms with van der Waals surface area (Å²) in [6, 6.07) is 9.98. The number of nitro groups is 1. The van der Waals surface area contributed by atoms with Crippen molar-refractivity contribution in [2.45, 2.75) is 13.5 Å². The van der Waals surface area contributed by atoms with Crippen LogP contribution >= 0.6 is 11.6 Å². The predicted molar refractivity (Wildman–Crippen MR) is 80.8 cm³/mol. The zero-order chi connectivity index (χ0) is 15.2. The fraction of sp³-hybridized carbons (Fsp3) is 0.214. The summed E-state index contributed by atoms with van der Waals surface area (Å²) in [6.45, 7) is 2.76. The number of pyridine rings is 1. The van der Waals surface area contributed by atoms with Crippen molar-refractivity contribution < 1.29 is 9.66 Å². The zero-order valence-corrected chi connectivity index (χ0v) is 12.1. The van der Waals surface area contributed by atoms with Crippen molar-refractivity contribution >= 4 is 23.1 Å². The van der Waals surface area contributed by atoms with Crippen LogP contribution in [-0.2, 0) is 6.61 Å². The molecule has 0 bridgehead atoms. The molecule has 21 heavy (non-hydrogen) atoms. The van der Waals surface area contributed by atoms with Gasteiger partial charge in [0.05, 0.1) is 4.92 Å². The predicted octanol–water partition coefficient (Wildman–Crippen LogP) is 3.65. The lowest BCUT2D eigenvalue weighted by Crippen LogP contribution is -2.04. The minimum Gasteiger partial charge on any atom is -0.468 e. The highest BCUT2D eigenvalue weighted by molar-refractivity contribution is 6.30. The first-order chi connectivity index (χ1) is 10.1. The number of ether oxygens (including phenoxy) is 1. The van der Waals surface area contributed by atoms with Crippen LogP contribution in [0, 0.1) is 10.1 Å². The second kappa shape index (κ2) is 6.90. The van der Waals surface area contributed by atoms with Crippen LogP contribution in [0.25, 0.3) is 0 Å². The fourth-order valence-corrected chi connectivity index (χ4v) is 1.82. The van der Waals surface area contributed by atoms with E-state index < -0.39 is 4.92 Å². The topological polar surface area (TPSA) is 77.3 Å². The third-order valence-corrected chi connectivity index (χ3v) is 2.94.